The number of rotatable bonds is 5. The van der Waals surface area contributed by atoms with Gasteiger partial charge in [-0.1, -0.05) is 27.5 Å². The van der Waals surface area contributed by atoms with Gasteiger partial charge in [0.25, 0.3) is 0 Å². The number of hydrogen-bond acceptors (Lipinski definition) is 6. The molecular formula is C17H10BrClF3N5O2. The van der Waals surface area contributed by atoms with E-state index in [1.807, 2.05) is 0 Å². The van der Waals surface area contributed by atoms with Crippen LogP contribution in [0.25, 0.3) is 0 Å². The maximum atomic E-state index is 13.1. The fraction of sp³-hybridized carbons (Fsp3) is 0.0588. The third kappa shape index (κ3) is 4.93. The Hall–Kier alpha value is -2.92. The summed E-state index contributed by atoms with van der Waals surface area (Å²) in [7, 11) is 0. The predicted molar refractivity (Wildman–Crippen MR) is 106 cm³/mol. The van der Waals surface area contributed by atoms with E-state index in [1.165, 1.54) is 6.07 Å². The van der Waals surface area contributed by atoms with Crippen LogP contribution in [0.2, 0.25) is 5.02 Å². The fourth-order valence-corrected chi connectivity index (χ4v) is 2.85. The highest BCUT2D eigenvalue weighted by Gasteiger charge is 2.33. The average Bonchev–Trinajstić information content (AvgIpc) is 2.64. The Labute approximate surface area is 175 Å². The molecule has 0 bridgehead atoms. The first-order valence-corrected chi connectivity index (χ1v) is 8.98. The first-order valence-electron chi connectivity index (χ1n) is 7.81. The zero-order valence-electron chi connectivity index (χ0n) is 14.2. The zero-order valence-corrected chi connectivity index (χ0v) is 16.5. The van der Waals surface area contributed by atoms with Crippen molar-refractivity contribution in [2.24, 2.45) is 0 Å². The summed E-state index contributed by atoms with van der Waals surface area (Å²) >= 11 is 8.88. The molecule has 3 rings (SSSR count). The van der Waals surface area contributed by atoms with Crippen molar-refractivity contribution in [1.29, 1.82) is 0 Å². The van der Waals surface area contributed by atoms with Gasteiger partial charge in [0, 0.05) is 15.8 Å². The molecule has 2 aromatic carbocycles. The summed E-state index contributed by atoms with van der Waals surface area (Å²) in [6, 6.07) is 9.82. The number of nitrogens with one attached hydrogen (secondary N) is 2. The second kappa shape index (κ2) is 8.21. The van der Waals surface area contributed by atoms with Gasteiger partial charge in [0.15, 0.2) is 0 Å². The van der Waals surface area contributed by atoms with Crippen LogP contribution in [-0.2, 0) is 6.18 Å². The Morgan fingerprint density at radius 2 is 1.55 bits per heavy atom. The fourth-order valence-electron chi connectivity index (χ4n) is 2.36. The summed E-state index contributed by atoms with van der Waals surface area (Å²) in [5.74, 6) is -0.403. The molecule has 1 heterocycles. The first-order chi connectivity index (χ1) is 13.6. The predicted octanol–water partition coefficient (Wildman–Crippen LogP) is 6.31. The monoisotopic (exact) mass is 487 g/mol. The maximum Gasteiger partial charge on any atom is 0.417 e. The lowest BCUT2D eigenvalue weighted by Crippen LogP contribution is -2.08. The lowest BCUT2D eigenvalue weighted by Gasteiger charge is -2.13. The van der Waals surface area contributed by atoms with Crippen LogP contribution in [0.15, 0.2) is 53.3 Å². The second-order valence-electron chi connectivity index (χ2n) is 5.63. The van der Waals surface area contributed by atoms with Gasteiger partial charge >= 0.3 is 11.9 Å². The Bertz CT molecular complexity index is 1060. The summed E-state index contributed by atoms with van der Waals surface area (Å²) in [6.07, 6.45) is -3.63. The number of anilines is 4. The van der Waals surface area contributed by atoms with E-state index in [2.05, 4.69) is 36.5 Å². The summed E-state index contributed by atoms with van der Waals surface area (Å²) in [6.45, 7) is 0. The van der Waals surface area contributed by atoms with Crippen LogP contribution in [-0.4, -0.2) is 14.9 Å². The van der Waals surface area contributed by atoms with Crippen molar-refractivity contribution in [3.8, 4) is 0 Å². The molecule has 0 amide bonds. The molecule has 150 valence electrons. The molecule has 3 aromatic rings. The lowest BCUT2D eigenvalue weighted by molar-refractivity contribution is -0.383. The largest absolute Gasteiger partial charge is 0.417 e. The van der Waals surface area contributed by atoms with Crippen molar-refractivity contribution >= 4 is 56.2 Å². The van der Waals surface area contributed by atoms with Gasteiger partial charge in [0.05, 0.1) is 15.5 Å². The Morgan fingerprint density at radius 3 is 2.10 bits per heavy atom. The molecule has 0 aliphatic rings. The molecule has 0 radical (unpaired) electrons. The molecule has 7 nitrogen and oxygen atoms in total. The van der Waals surface area contributed by atoms with Crippen LogP contribution in [0, 0.1) is 10.1 Å². The van der Waals surface area contributed by atoms with E-state index < -0.39 is 27.4 Å². The lowest BCUT2D eigenvalue weighted by atomic mass is 10.2. The molecule has 0 atom stereocenters. The van der Waals surface area contributed by atoms with Gasteiger partial charge in [0.2, 0.25) is 11.6 Å². The van der Waals surface area contributed by atoms with Crippen molar-refractivity contribution < 1.29 is 18.1 Å². The van der Waals surface area contributed by atoms with Crippen molar-refractivity contribution in [2.75, 3.05) is 10.6 Å². The zero-order chi connectivity index (χ0) is 21.2. The standard InChI is InChI=1S/C17H10BrClF3N5O2/c18-9-1-3-10(4-2-9)25-15-14(27(28)29)16(24-8-23-15)26-11-5-6-13(19)12(7-11)17(20,21)22/h1-8H,(H2,23,24,25,26). The number of halogens is 5. The van der Waals surface area contributed by atoms with Gasteiger partial charge in [0.1, 0.15) is 6.33 Å². The smallest absolute Gasteiger partial charge is 0.334 e. The van der Waals surface area contributed by atoms with Gasteiger partial charge in [-0.15, -0.1) is 0 Å². The Morgan fingerprint density at radius 1 is 1.00 bits per heavy atom. The van der Waals surface area contributed by atoms with Crippen molar-refractivity contribution in [3.63, 3.8) is 0 Å². The van der Waals surface area contributed by atoms with E-state index in [1.54, 1.807) is 24.3 Å². The van der Waals surface area contributed by atoms with E-state index in [4.69, 9.17) is 11.6 Å². The van der Waals surface area contributed by atoms with Crippen LogP contribution in [0.4, 0.5) is 41.9 Å². The molecule has 0 saturated carbocycles. The molecule has 0 aliphatic heterocycles. The van der Waals surface area contributed by atoms with Crippen LogP contribution in [0.3, 0.4) is 0 Å². The van der Waals surface area contributed by atoms with Crippen LogP contribution < -0.4 is 10.6 Å². The number of nitrogens with zero attached hydrogens (tertiary/aromatic N) is 3. The van der Waals surface area contributed by atoms with Crippen molar-refractivity contribution in [2.45, 2.75) is 6.18 Å². The number of nitro groups is 1. The minimum atomic E-state index is -4.68. The van der Waals surface area contributed by atoms with Crippen molar-refractivity contribution in [3.05, 3.63) is 74.0 Å². The number of benzene rings is 2. The van der Waals surface area contributed by atoms with E-state index in [-0.39, 0.29) is 17.3 Å². The van der Waals surface area contributed by atoms with E-state index in [0.717, 1.165) is 22.9 Å². The molecule has 29 heavy (non-hydrogen) atoms. The highest BCUT2D eigenvalue weighted by molar-refractivity contribution is 9.10. The average molecular weight is 489 g/mol. The highest BCUT2D eigenvalue weighted by atomic mass is 79.9. The van der Waals surface area contributed by atoms with Crippen LogP contribution in [0.1, 0.15) is 5.56 Å². The third-order valence-electron chi connectivity index (χ3n) is 3.65. The normalized spacial score (nSPS) is 11.2. The third-order valence-corrected chi connectivity index (χ3v) is 4.50. The van der Waals surface area contributed by atoms with E-state index in [9.17, 15) is 23.3 Å². The SMILES string of the molecule is O=[N+]([O-])c1c(Nc2ccc(Br)cc2)ncnc1Nc1ccc(Cl)c(C(F)(F)F)c1. The topological polar surface area (TPSA) is 93.0 Å². The number of alkyl halides is 3. The van der Waals surface area contributed by atoms with E-state index >= 15 is 0 Å². The Balaban J connectivity index is 1.98. The van der Waals surface area contributed by atoms with Gasteiger partial charge in [-0.2, -0.15) is 13.2 Å². The van der Waals surface area contributed by atoms with E-state index in [0.29, 0.717) is 5.69 Å². The molecule has 0 spiro atoms. The Kier molecular flexibility index (Phi) is 5.89. The summed E-state index contributed by atoms with van der Waals surface area (Å²) in [5.41, 5.74) is -1.15. The molecule has 1 aromatic heterocycles. The van der Waals surface area contributed by atoms with Crippen LogP contribution >= 0.6 is 27.5 Å². The molecule has 12 heteroatoms. The van der Waals surface area contributed by atoms with Crippen molar-refractivity contribution in [1.82, 2.24) is 9.97 Å². The molecular weight excluding hydrogens is 479 g/mol. The highest BCUT2D eigenvalue weighted by Crippen LogP contribution is 2.38. The minimum Gasteiger partial charge on any atom is -0.334 e. The quantitative estimate of drug-likeness (QED) is 0.323. The van der Waals surface area contributed by atoms with Gasteiger partial charge in [-0.05, 0) is 42.5 Å². The summed E-state index contributed by atoms with van der Waals surface area (Å²) < 4.78 is 40.0. The molecule has 2 N–H and O–H groups in total. The first kappa shape index (κ1) is 20.8. The number of aromatic nitrogens is 2. The maximum absolute atomic E-state index is 13.1. The second-order valence-corrected chi connectivity index (χ2v) is 6.95. The van der Waals surface area contributed by atoms with Gasteiger partial charge in [-0.3, -0.25) is 10.1 Å². The molecule has 0 saturated heterocycles. The number of hydrogen-bond donors (Lipinski definition) is 2. The molecule has 0 aliphatic carbocycles. The summed E-state index contributed by atoms with van der Waals surface area (Å²) in [5, 5.41) is 16.4. The minimum absolute atomic E-state index is 0.0712. The van der Waals surface area contributed by atoms with Crippen LogP contribution in [0.5, 0.6) is 0 Å². The molecule has 0 unspecified atom stereocenters. The van der Waals surface area contributed by atoms with Gasteiger partial charge in [-0.25, -0.2) is 9.97 Å². The van der Waals surface area contributed by atoms with Gasteiger partial charge < -0.3 is 10.6 Å². The molecule has 0 fully saturated rings. The summed E-state index contributed by atoms with van der Waals surface area (Å²) in [4.78, 5) is 18.5.